The largest absolute Gasteiger partial charge is 0.481 e. The van der Waals surface area contributed by atoms with Crippen LogP contribution in [0.3, 0.4) is 0 Å². The second-order valence-corrected chi connectivity index (χ2v) is 5.80. The van der Waals surface area contributed by atoms with Crippen LogP contribution >= 0.6 is 22.9 Å². The number of hydrogen-bond acceptors (Lipinski definition) is 4. The zero-order valence-electron chi connectivity index (χ0n) is 10.5. The number of thiophene rings is 1. The van der Waals surface area contributed by atoms with Crippen LogP contribution in [0.1, 0.15) is 11.3 Å². The van der Waals surface area contributed by atoms with Gasteiger partial charge in [0.15, 0.2) is 0 Å². The summed E-state index contributed by atoms with van der Waals surface area (Å²) < 4.78 is 0.586. The van der Waals surface area contributed by atoms with Crippen molar-refractivity contribution in [2.45, 2.75) is 19.0 Å². The lowest BCUT2D eigenvalue weighted by molar-refractivity contribution is -0.145. The first-order valence-corrected chi connectivity index (χ1v) is 6.69. The highest BCUT2D eigenvalue weighted by atomic mass is 35.5. The van der Waals surface area contributed by atoms with E-state index in [0.29, 0.717) is 4.34 Å². The smallest absolute Gasteiger partial charge is 0.326 e. The molecule has 20 heavy (non-hydrogen) atoms. The van der Waals surface area contributed by atoms with Gasteiger partial charge in [-0.2, -0.15) is 0 Å². The first kappa shape index (κ1) is 16.3. The van der Waals surface area contributed by atoms with E-state index in [1.807, 2.05) is 0 Å². The van der Waals surface area contributed by atoms with Crippen molar-refractivity contribution in [3.8, 4) is 0 Å². The van der Waals surface area contributed by atoms with Gasteiger partial charge < -0.3 is 20.4 Å². The van der Waals surface area contributed by atoms with Crippen molar-refractivity contribution in [1.82, 2.24) is 10.2 Å². The SMILES string of the molecule is CN(Cc1ccc(Cl)s1)C(=O)N[C@H](CC(=O)O)C(=O)O. The second kappa shape index (κ2) is 7.11. The lowest BCUT2D eigenvalue weighted by Gasteiger charge is -2.20. The highest BCUT2D eigenvalue weighted by Crippen LogP contribution is 2.22. The molecule has 0 radical (unpaired) electrons. The van der Waals surface area contributed by atoms with Crippen LogP contribution in [0.15, 0.2) is 12.1 Å². The van der Waals surface area contributed by atoms with Crippen molar-refractivity contribution in [3.05, 3.63) is 21.3 Å². The number of carbonyl (C=O) groups excluding carboxylic acids is 1. The zero-order chi connectivity index (χ0) is 15.3. The van der Waals surface area contributed by atoms with E-state index in [-0.39, 0.29) is 6.54 Å². The van der Waals surface area contributed by atoms with Crippen LogP contribution in [0.2, 0.25) is 4.34 Å². The number of carboxylic acid groups (broad SMARTS) is 2. The van der Waals surface area contributed by atoms with Gasteiger partial charge in [-0.05, 0) is 12.1 Å². The number of carboxylic acids is 2. The Morgan fingerprint density at radius 2 is 2.05 bits per heavy atom. The molecular weight excluding hydrogens is 308 g/mol. The predicted molar refractivity (Wildman–Crippen MR) is 73.0 cm³/mol. The fraction of sp³-hybridized carbons (Fsp3) is 0.364. The summed E-state index contributed by atoms with van der Waals surface area (Å²) in [6, 6.07) is 1.32. The summed E-state index contributed by atoms with van der Waals surface area (Å²) in [5, 5.41) is 19.6. The van der Waals surface area contributed by atoms with E-state index in [1.54, 1.807) is 12.1 Å². The fourth-order valence-corrected chi connectivity index (χ4v) is 2.52. The third-order valence-electron chi connectivity index (χ3n) is 2.34. The topological polar surface area (TPSA) is 107 Å². The standard InChI is InChI=1S/C11H13ClN2O5S/c1-14(5-6-2-3-8(12)20-6)11(19)13-7(10(17)18)4-9(15)16/h2-3,7H,4-5H2,1H3,(H,13,19)(H,15,16)(H,17,18)/t7-/m1/s1. The predicted octanol–water partition coefficient (Wildman–Crippen LogP) is 1.47. The molecule has 0 saturated heterocycles. The molecule has 0 bridgehead atoms. The van der Waals surface area contributed by atoms with Gasteiger partial charge in [0.2, 0.25) is 0 Å². The average molecular weight is 321 g/mol. The molecular formula is C11H13ClN2O5S. The number of hydrogen-bond donors (Lipinski definition) is 3. The third kappa shape index (κ3) is 5.06. The molecule has 110 valence electrons. The summed E-state index contributed by atoms with van der Waals surface area (Å²) in [4.78, 5) is 35.2. The average Bonchev–Trinajstić information content (AvgIpc) is 2.72. The van der Waals surface area contributed by atoms with Gasteiger partial charge in [-0.15, -0.1) is 11.3 Å². The number of aliphatic carboxylic acids is 2. The molecule has 0 aromatic carbocycles. The molecule has 1 heterocycles. The third-order valence-corrected chi connectivity index (χ3v) is 3.56. The summed E-state index contributed by atoms with van der Waals surface area (Å²) in [5.41, 5.74) is 0. The maximum atomic E-state index is 11.8. The summed E-state index contributed by atoms with van der Waals surface area (Å²) >= 11 is 7.07. The van der Waals surface area contributed by atoms with Gasteiger partial charge in [0.1, 0.15) is 6.04 Å². The highest BCUT2D eigenvalue weighted by molar-refractivity contribution is 7.16. The molecule has 7 nitrogen and oxygen atoms in total. The van der Waals surface area contributed by atoms with E-state index in [4.69, 9.17) is 21.8 Å². The van der Waals surface area contributed by atoms with E-state index in [2.05, 4.69) is 5.32 Å². The molecule has 1 aromatic heterocycles. The molecule has 0 aliphatic rings. The number of urea groups is 1. The Morgan fingerprint density at radius 3 is 2.50 bits per heavy atom. The first-order chi connectivity index (χ1) is 9.29. The van der Waals surface area contributed by atoms with Crippen LogP contribution in [0, 0.1) is 0 Å². The van der Waals surface area contributed by atoms with Gasteiger partial charge >= 0.3 is 18.0 Å². The van der Waals surface area contributed by atoms with Gasteiger partial charge in [-0.3, -0.25) is 4.79 Å². The lowest BCUT2D eigenvalue weighted by Crippen LogP contribution is -2.47. The number of nitrogens with zero attached hydrogens (tertiary/aromatic N) is 1. The van der Waals surface area contributed by atoms with Gasteiger partial charge in [-0.25, -0.2) is 9.59 Å². The number of amides is 2. The van der Waals surface area contributed by atoms with Crippen molar-refractivity contribution in [3.63, 3.8) is 0 Å². The van der Waals surface area contributed by atoms with Crippen LogP contribution in [-0.4, -0.2) is 46.2 Å². The lowest BCUT2D eigenvalue weighted by atomic mass is 10.2. The minimum Gasteiger partial charge on any atom is -0.481 e. The fourth-order valence-electron chi connectivity index (χ4n) is 1.38. The molecule has 0 unspecified atom stereocenters. The van der Waals surface area contributed by atoms with E-state index in [1.165, 1.54) is 23.3 Å². The van der Waals surface area contributed by atoms with Crippen LogP contribution in [0.5, 0.6) is 0 Å². The molecule has 2 amide bonds. The van der Waals surface area contributed by atoms with Crippen molar-refractivity contribution in [2.24, 2.45) is 0 Å². The molecule has 1 rings (SSSR count). The molecule has 1 aromatic rings. The molecule has 1 atom stereocenters. The van der Waals surface area contributed by atoms with Crippen LogP contribution in [-0.2, 0) is 16.1 Å². The number of halogens is 1. The second-order valence-electron chi connectivity index (χ2n) is 4.00. The quantitative estimate of drug-likeness (QED) is 0.735. The van der Waals surface area contributed by atoms with E-state index in [0.717, 1.165) is 4.88 Å². The summed E-state index contributed by atoms with van der Waals surface area (Å²) in [6.45, 7) is 0.253. The zero-order valence-corrected chi connectivity index (χ0v) is 12.1. The molecule has 0 saturated carbocycles. The molecule has 0 spiro atoms. The van der Waals surface area contributed by atoms with Crippen molar-refractivity contribution in [1.29, 1.82) is 0 Å². The molecule has 9 heteroatoms. The van der Waals surface area contributed by atoms with Crippen molar-refractivity contribution < 1.29 is 24.6 Å². The Kier molecular flexibility index (Phi) is 5.78. The van der Waals surface area contributed by atoms with Crippen LogP contribution < -0.4 is 5.32 Å². The number of nitrogens with one attached hydrogen (secondary N) is 1. The first-order valence-electron chi connectivity index (χ1n) is 5.50. The van der Waals surface area contributed by atoms with Gasteiger partial charge in [0.05, 0.1) is 17.3 Å². The normalized spacial score (nSPS) is 11.7. The van der Waals surface area contributed by atoms with Crippen LogP contribution in [0.4, 0.5) is 4.79 Å². The van der Waals surface area contributed by atoms with Crippen molar-refractivity contribution in [2.75, 3.05) is 7.05 Å². The Bertz CT molecular complexity index is 519. The van der Waals surface area contributed by atoms with E-state index < -0.39 is 30.4 Å². The number of carbonyl (C=O) groups is 3. The van der Waals surface area contributed by atoms with Crippen molar-refractivity contribution >= 4 is 40.9 Å². The van der Waals surface area contributed by atoms with Gasteiger partial charge in [0.25, 0.3) is 0 Å². The summed E-state index contributed by atoms with van der Waals surface area (Å²) in [5.74, 6) is -2.70. The Hall–Kier alpha value is -1.80. The Balaban J connectivity index is 2.59. The van der Waals surface area contributed by atoms with Crippen LogP contribution in [0.25, 0.3) is 0 Å². The van der Waals surface area contributed by atoms with Gasteiger partial charge in [-0.1, -0.05) is 11.6 Å². The minimum absolute atomic E-state index is 0.253. The maximum absolute atomic E-state index is 11.8. The number of rotatable bonds is 6. The monoisotopic (exact) mass is 320 g/mol. The van der Waals surface area contributed by atoms with E-state index in [9.17, 15) is 14.4 Å². The molecule has 0 fully saturated rings. The maximum Gasteiger partial charge on any atom is 0.326 e. The molecule has 0 aliphatic heterocycles. The minimum atomic E-state index is -1.46. The summed E-state index contributed by atoms with van der Waals surface area (Å²) in [6.07, 6.45) is -0.681. The Labute approximate surface area is 123 Å². The summed E-state index contributed by atoms with van der Waals surface area (Å²) in [7, 11) is 1.47. The highest BCUT2D eigenvalue weighted by Gasteiger charge is 2.24. The Morgan fingerprint density at radius 1 is 1.40 bits per heavy atom. The van der Waals surface area contributed by atoms with Gasteiger partial charge in [0, 0.05) is 11.9 Å². The van der Waals surface area contributed by atoms with E-state index >= 15 is 0 Å². The molecule has 3 N–H and O–H groups in total. The molecule has 0 aliphatic carbocycles.